The molecule has 2 aliphatic heterocycles. The SMILES string of the molecule is CN1C(=O)CO[C@H]2CN(C(=O)c3ccncc3)C[C@H]21. The number of morpholine rings is 1. The third kappa shape index (κ3) is 2.08. The lowest BCUT2D eigenvalue weighted by molar-refractivity contribution is -0.150. The Labute approximate surface area is 111 Å². The standard InChI is InChI=1S/C13H15N3O3/c1-15-10-6-16(7-11(10)19-8-12(15)17)13(18)9-2-4-14-5-3-9/h2-5,10-11H,6-8H2,1H3/t10-,11+/m1/s1. The van der Waals surface area contributed by atoms with Gasteiger partial charge in [-0.2, -0.15) is 0 Å². The number of amides is 2. The molecule has 3 heterocycles. The molecule has 0 N–H and O–H groups in total. The maximum atomic E-state index is 12.3. The number of likely N-dealkylation sites (tertiary alicyclic amines) is 1. The van der Waals surface area contributed by atoms with E-state index in [9.17, 15) is 9.59 Å². The highest BCUT2D eigenvalue weighted by Crippen LogP contribution is 2.23. The Morgan fingerprint density at radius 2 is 2.11 bits per heavy atom. The predicted molar refractivity (Wildman–Crippen MR) is 66.4 cm³/mol. The Bertz CT molecular complexity index is 505. The van der Waals surface area contributed by atoms with E-state index >= 15 is 0 Å². The van der Waals surface area contributed by atoms with Crippen molar-refractivity contribution in [2.45, 2.75) is 12.1 Å². The van der Waals surface area contributed by atoms with E-state index in [1.165, 1.54) is 0 Å². The van der Waals surface area contributed by atoms with Crippen LogP contribution in [0, 0.1) is 0 Å². The molecule has 2 atom stereocenters. The zero-order chi connectivity index (χ0) is 13.4. The fourth-order valence-corrected chi connectivity index (χ4v) is 2.60. The number of carbonyl (C=O) groups excluding carboxylic acids is 2. The van der Waals surface area contributed by atoms with Gasteiger partial charge in [0.05, 0.1) is 12.1 Å². The lowest BCUT2D eigenvalue weighted by atomic mass is 10.1. The minimum atomic E-state index is -0.0755. The molecule has 0 unspecified atom stereocenters. The number of ether oxygens (including phenoxy) is 1. The molecule has 0 spiro atoms. The van der Waals surface area contributed by atoms with Crippen molar-refractivity contribution in [1.29, 1.82) is 0 Å². The molecule has 1 aromatic rings. The van der Waals surface area contributed by atoms with Crippen molar-refractivity contribution in [1.82, 2.24) is 14.8 Å². The molecule has 6 heteroatoms. The van der Waals surface area contributed by atoms with E-state index < -0.39 is 0 Å². The van der Waals surface area contributed by atoms with E-state index in [1.807, 2.05) is 0 Å². The van der Waals surface area contributed by atoms with Gasteiger partial charge in [0.15, 0.2) is 0 Å². The maximum absolute atomic E-state index is 12.3. The molecule has 0 saturated carbocycles. The van der Waals surface area contributed by atoms with Crippen LogP contribution in [0.15, 0.2) is 24.5 Å². The number of pyridine rings is 1. The second-order valence-electron chi connectivity index (χ2n) is 4.87. The van der Waals surface area contributed by atoms with Crippen LogP contribution in [-0.4, -0.2) is 65.5 Å². The summed E-state index contributed by atoms with van der Waals surface area (Å²) in [4.78, 5) is 31.2. The molecule has 0 aromatic carbocycles. The summed E-state index contributed by atoms with van der Waals surface area (Å²) >= 11 is 0. The average Bonchev–Trinajstić information content (AvgIpc) is 2.88. The Hall–Kier alpha value is -1.95. The zero-order valence-electron chi connectivity index (χ0n) is 10.7. The lowest BCUT2D eigenvalue weighted by Crippen LogP contribution is -2.51. The molecule has 100 valence electrons. The average molecular weight is 261 g/mol. The smallest absolute Gasteiger partial charge is 0.254 e. The highest BCUT2D eigenvalue weighted by molar-refractivity contribution is 5.94. The molecule has 19 heavy (non-hydrogen) atoms. The van der Waals surface area contributed by atoms with E-state index in [2.05, 4.69) is 4.98 Å². The van der Waals surface area contributed by atoms with E-state index in [4.69, 9.17) is 4.74 Å². The Kier molecular flexibility index (Phi) is 2.94. The van der Waals surface area contributed by atoms with E-state index in [0.717, 1.165) is 0 Å². The van der Waals surface area contributed by atoms with Gasteiger partial charge < -0.3 is 14.5 Å². The van der Waals surface area contributed by atoms with Gasteiger partial charge in [0.25, 0.3) is 5.91 Å². The Morgan fingerprint density at radius 1 is 1.37 bits per heavy atom. The Morgan fingerprint density at radius 3 is 2.84 bits per heavy atom. The van der Waals surface area contributed by atoms with Gasteiger partial charge >= 0.3 is 0 Å². The van der Waals surface area contributed by atoms with Crippen LogP contribution >= 0.6 is 0 Å². The van der Waals surface area contributed by atoms with Gasteiger partial charge in [-0.1, -0.05) is 0 Å². The number of aromatic nitrogens is 1. The first-order valence-corrected chi connectivity index (χ1v) is 6.23. The van der Waals surface area contributed by atoms with Crippen molar-refractivity contribution >= 4 is 11.8 Å². The summed E-state index contributed by atoms with van der Waals surface area (Å²) in [5.74, 6) is -0.0688. The van der Waals surface area contributed by atoms with Crippen molar-refractivity contribution in [3.05, 3.63) is 30.1 Å². The third-order valence-electron chi connectivity index (χ3n) is 3.76. The topological polar surface area (TPSA) is 62.7 Å². The van der Waals surface area contributed by atoms with Gasteiger partial charge in [-0.3, -0.25) is 14.6 Å². The first-order valence-electron chi connectivity index (χ1n) is 6.23. The van der Waals surface area contributed by atoms with Crippen molar-refractivity contribution in [3.63, 3.8) is 0 Å². The first kappa shape index (κ1) is 12.1. The molecule has 6 nitrogen and oxygen atoms in total. The lowest BCUT2D eigenvalue weighted by Gasteiger charge is -2.33. The van der Waals surface area contributed by atoms with Crippen LogP contribution in [0.1, 0.15) is 10.4 Å². The summed E-state index contributed by atoms with van der Waals surface area (Å²) in [5, 5.41) is 0. The molecule has 2 aliphatic rings. The molecule has 2 fully saturated rings. The first-order chi connectivity index (χ1) is 9.16. The normalized spacial score (nSPS) is 26.5. The van der Waals surface area contributed by atoms with Gasteiger partial charge in [0.2, 0.25) is 5.91 Å². The molecular formula is C13H15N3O3. The highest BCUT2D eigenvalue weighted by atomic mass is 16.5. The molecule has 3 rings (SSSR count). The summed E-state index contributed by atoms with van der Waals surface area (Å²) in [6, 6.07) is 3.35. The molecule has 0 aliphatic carbocycles. The number of likely N-dealkylation sites (N-methyl/N-ethyl adjacent to an activating group) is 1. The third-order valence-corrected chi connectivity index (χ3v) is 3.76. The number of fused-ring (bicyclic) bond motifs is 1. The second-order valence-corrected chi connectivity index (χ2v) is 4.87. The molecule has 0 bridgehead atoms. The van der Waals surface area contributed by atoms with E-state index in [0.29, 0.717) is 18.7 Å². The van der Waals surface area contributed by atoms with Crippen molar-refractivity contribution in [2.24, 2.45) is 0 Å². The van der Waals surface area contributed by atoms with Crippen molar-refractivity contribution < 1.29 is 14.3 Å². The Balaban J connectivity index is 1.75. The van der Waals surface area contributed by atoms with Gasteiger partial charge in [-0.25, -0.2) is 0 Å². The van der Waals surface area contributed by atoms with Gasteiger partial charge in [-0.15, -0.1) is 0 Å². The van der Waals surface area contributed by atoms with Gasteiger partial charge in [0.1, 0.15) is 6.61 Å². The minimum absolute atomic E-state index is 0.0283. The fourth-order valence-electron chi connectivity index (χ4n) is 2.60. The minimum Gasteiger partial charge on any atom is -0.364 e. The molecule has 2 amide bonds. The fraction of sp³-hybridized carbons (Fsp3) is 0.462. The van der Waals surface area contributed by atoms with Crippen LogP contribution in [0.25, 0.3) is 0 Å². The summed E-state index contributed by atoms with van der Waals surface area (Å²) in [5.41, 5.74) is 0.614. The van der Waals surface area contributed by atoms with E-state index in [-0.39, 0.29) is 30.6 Å². The zero-order valence-corrected chi connectivity index (χ0v) is 10.7. The quantitative estimate of drug-likeness (QED) is 0.700. The number of hydrogen-bond acceptors (Lipinski definition) is 4. The maximum Gasteiger partial charge on any atom is 0.254 e. The summed E-state index contributed by atoms with van der Waals surface area (Å²) in [7, 11) is 1.77. The van der Waals surface area contributed by atoms with Crippen LogP contribution in [0.5, 0.6) is 0 Å². The van der Waals surface area contributed by atoms with Crippen LogP contribution in [-0.2, 0) is 9.53 Å². The number of carbonyl (C=O) groups is 2. The summed E-state index contributed by atoms with van der Waals surface area (Å²) in [6.07, 6.45) is 3.12. The summed E-state index contributed by atoms with van der Waals surface area (Å²) in [6.45, 7) is 1.16. The van der Waals surface area contributed by atoms with Crippen LogP contribution in [0.4, 0.5) is 0 Å². The van der Waals surface area contributed by atoms with Crippen LogP contribution in [0.3, 0.4) is 0 Å². The number of hydrogen-bond donors (Lipinski definition) is 0. The van der Waals surface area contributed by atoms with Gasteiger partial charge in [0, 0.05) is 38.1 Å². The highest BCUT2D eigenvalue weighted by Gasteiger charge is 2.43. The molecule has 1 aromatic heterocycles. The number of nitrogens with zero attached hydrogens (tertiary/aromatic N) is 3. The molecule has 2 saturated heterocycles. The van der Waals surface area contributed by atoms with Crippen molar-refractivity contribution in [2.75, 3.05) is 26.7 Å². The predicted octanol–water partition coefficient (Wildman–Crippen LogP) is -0.237. The molecule has 0 radical (unpaired) electrons. The van der Waals surface area contributed by atoms with Gasteiger partial charge in [-0.05, 0) is 12.1 Å². The second kappa shape index (κ2) is 4.62. The van der Waals surface area contributed by atoms with Crippen LogP contribution in [0.2, 0.25) is 0 Å². The number of rotatable bonds is 1. The molecular weight excluding hydrogens is 246 g/mol. The largest absolute Gasteiger partial charge is 0.364 e. The summed E-state index contributed by atoms with van der Waals surface area (Å²) < 4.78 is 5.50. The van der Waals surface area contributed by atoms with Crippen LogP contribution < -0.4 is 0 Å². The van der Waals surface area contributed by atoms with E-state index in [1.54, 1.807) is 41.4 Å². The monoisotopic (exact) mass is 261 g/mol. The van der Waals surface area contributed by atoms with Crippen molar-refractivity contribution in [3.8, 4) is 0 Å².